The normalized spacial score (nSPS) is 14.6. The maximum absolute atomic E-state index is 14.2. The number of halogens is 2. The van der Waals surface area contributed by atoms with Crippen LogP contribution in [0, 0.1) is 5.41 Å². The van der Waals surface area contributed by atoms with Gasteiger partial charge in [-0.05, 0) is 53.0 Å². The lowest BCUT2D eigenvalue weighted by molar-refractivity contribution is -0.135. The van der Waals surface area contributed by atoms with Gasteiger partial charge in [0.25, 0.3) is 5.91 Å². The number of benzene rings is 2. The summed E-state index contributed by atoms with van der Waals surface area (Å²) in [4.78, 5) is 37.8. The first-order chi connectivity index (χ1) is 18.8. The number of Topliss-reactive ketones (excluding diaryl/α,β-unsaturated/α-hetero) is 1. The van der Waals surface area contributed by atoms with Gasteiger partial charge in [0, 0.05) is 23.1 Å². The molecular weight excluding hydrogens is 559 g/mol. The average molecular weight is 606 g/mol. The van der Waals surface area contributed by atoms with Crippen LogP contribution in [0.1, 0.15) is 98.3 Å². The molecule has 2 aromatic rings. The van der Waals surface area contributed by atoms with Crippen molar-refractivity contribution in [2.45, 2.75) is 103 Å². The lowest BCUT2D eigenvalue weighted by Gasteiger charge is -2.38. The van der Waals surface area contributed by atoms with Gasteiger partial charge >= 0.3 is 0 Å². The summed E-state index contributed by atoms with van der Waals surface area (Å²) in [7, 11) is 0. The number of ether oxygens (including phenoxy) is 1. The zero-order valence-electron chi connectivity index (χ0n) is 25.9. The number of primary amides is 1. The molecule has 0 aromatic heterocycles. The van der Waals surface area contributed by atoms with Gasteiger partial charge in [-0.15, -0.1) is 11.6 Å². The van der Waals surface area contributed by atoms with Crippen molar-refractivity contribution >= 4 is 46.5 Å². The molecule has 0 aliphatic heterocycles. The average Bonchev–Trinajstić information content (AvgIpc) is 2.91. The van der Waals surface area contributed by atoms with Crippen LogP contribution in [0.4, 0.5) is 5.69 Å². The Labute approximate surface area is 255 Å². The van der Waals surface area contributed by atoms with Crippen molar-refractivity contribution in [3.05, 3.63) is 59.2 Å². The van der Waals surface area contributed by atoms with E-state index in [1.807, 2.05) is 12.1 Å². The fourth-order valence-electron chi connectivity index (χ4n) is 4.47. The molecule has 0 heterocycles. The highest BCUT2D eigenvalue weighted by molar-refractivity contribution is 6.48. The summed E-state index contributed by atoms with van der Waals surface area (Å²) in [6.07, 6.45) is 1.73. The minimum Gasteiger partial charge on any atom is -0.493 e. The lowest BCUT2D eigenvalue weighted by Crippen LogP contribution is -2.49. The van der Waals surface area contributed by atoms with Crippen molar-refractivity contribution in [1.29, 1.82) is 0 Å². The van der Waals surface area contributed by atoms with Crippen molar-refractivity contribution in [2.24, 2.45) is 11.1 Å². The van der Waals surface area contributed by atoms with E-state index < -0.39 is 38.7 Å². The molecule has 2 atom stereocenters. The highest BCUT2D eigenvalue weighted by atomic mass is 35.5. The fourth-order valence-corrected chi connectivity index (χ4v) is 5.05. The predicted molar refractivity (Wildman–Crippen MR) is 169 cm³/mol. The maximum Gasteiger partial charge on any atom is 0.257 e. The molecule has 41 heavy (non-hydrogen) atoms. The van der Waals surface area contributed by atoms with Crippen LogP contribution in [0.2, 0.25) is 0 Å². The number of alkyl halides is 2. The summed E-state index contributed by atoms with van der Waals surface area (Å²) in [6.45, 7) is 17.9. The van der Waals surface area contributed by atoms with Gasteiger partial charge in [0.15, 0.2) is 5.78 Å². The Bertz CT molecular complexity index is 1250. The number of carbonyl (C=O) groups excluding carboxylic acids is 3. The van der Waals surface area contributed by atoms with Crippen molar-refractivity contribution in [1.82, 2.24) is 0 Å². The molecule has 0 saturated heterocycles. The van der Waals surface area contributed by atoms with Gasteiger partial charge < -0.3 is 15.8 Å². The second kappa shape index (κ2) is 13.2. The summed E-state index contributed by atoms with van der Waals surface area (Å²) < 4.78 is 6.25. The minimum atomic E-state index is -2.06. The topological polar surface area (TPSA) is 98.5 Å². The number of nitrogens with two attached hydrogens (primary N) is 1. The molecule has 2 amide bonds. The Morgan fingerprint density at radius 1 is 0.878 bits per heavy atom. The number of rotatable bonds is 13. The summed E-state index contributed by atoms with van der Waals surface area (Å²) in [5.74, 6) is -1.22. The maximum atomic E-state index is 14.2. The quantitative estimate of drug-likeness (QED) is 0.181. The Kier molecular flexibility index (Phi) is 11.1. The Balaban J connectivity index is 2.93. The molecule has 226 valence electrons. The van der Waals surface area contributed by atoms with Crippen molar-refractivity contribution in [3.8, 4) is 5.75 Å². The molecule has 8 heteroatoms. The number of hydrogen-bond acceptors (Lipinski definition) is 4. The molecule has 3 N–H and O–H groups in total. The molecule has 0 spiro atoms. The molecule has 0 bridgehead atoms. The standard InChI is InChI=1S/C33H46Cl2N2O4/c1-10-31(6,7)22-19-24(32(8,9)11-2)26(41-18-17-25(34)27(36)38)20-23(22)33(35,28(39)30(3,4)5)29(40)37-21-15-13-12-14-16-21/h12-16,19-20,25H,10-11,17-18H2,1-9H3,(H2,36,38)(H,37,40). The molecule has 0 aliphatic rings. The summed E-state index contributed by atoms with van der Waals surface area (Å²) >= 11 is 13.5. The van der Waals surface area contributed by atoms with Gasteiger partial charge in [-0.2, -0.15) is 0 Å². The number of hydrogen-bond donors (Lipinski definition) is 2. The highest BCUT2D eigenvalue weighted by Crippen LogP contribution is 2.48. The first kappa shape index (κ1) is 34.6. The van der Waals surface area contributed by atoms with E-state index in [2.05, 4.69) is 46.9 Å². The molecule has 2 rings (SSSR count). The van der Waals surface area contributed by atoms with E-state index in [9.17, 15) is 14.4 Å². The number of amides is 2. The van der Waals surface area contributed by atoms with Crippen LogP contribution in [-0.2, 0) is 30.1 Å². The third-order valence-corrected chi connectivity index (χ3v) is 8.97. The predicted octanol–water partition coefficient (Wildman–Crippen LogP) is 7.61. The van der Waals surface area contributed by atoms with Crippen LogP contribution in [0.25, 0.3) is 0 Å². The lowest BCUT2D eigenvalue weighted by atomic mass is 9.69. The van der Waals surface area contributed by atoms with Crippen LogP contribution < -0.4 is 15.8 Å². The van der Waals surface area contributed by atoms with Gasteiger partial charge in [0.2, 0.25) is 10.8 Å². The summed E-state index contributed by atoms with van der Waals surface area (Å²) in [6, 6.07) is 12.7. The smallest absolute Gasteiger partial charge is 0.257 e. The van der Waals surface area contributed by atoms with Gasteiger partial charge in [-0.3, -0.25) is 14.4 Å². The SMILES string of the molecule is CCC(C)(C)c1cc(C(C)(C)CC)c(C(Cl)(C(=O)Nc2ccccc2)C(=O)C(C)(C)C)cc1OCCC(Cl)C(N)=O. The zero-order valence-corrected chi connectivity index (χ0v) is 27.4. The zero-order chi connectivity index (χ0) is 31.4. The molecule has 0 fully saturated rings. The van der Waals surface area contributed by atoms with E-state index in [1.54, 1.807) is 51.1 Å². The van der Waals surface area contributed by atoms with Crippen LogP contribution in [0.5, 0.6) is 5.75 Å². The Morgan fingerprint density at radius 2 is 1.41 bits per heavy atom. The van der Waals surface area contributed by atoms with E-state index in [1.165, 1.54) is 0 Å². The molecule has 6 nitrogen and oxygen atoms in total. The van der Waals surface area contributed by atoms with E-state index in [0.29, 0.717) is 17.0 Å². The number of nitrogens with one attached hydrogen (secondary N) is 1. The van der Waals surface area contributed by atoms with Crippen molar-refractivity contribution < 1.29 is 19.1 Å². The van der Waals surface area contributed by atoms with Gasteiger partial charge in [-0.1, -0.05) is 98.2 Å². The Morgan fingerprint density at radius 3 is 1.90 bits per heavy atom. The fraction of sp³-hybridized carbons (Fsp3) is 0.545. The summed E-state index contributed by atoms with van der Waals surface area (Å²) in [5, 5.41) is 1.99. The largest absolute Gasteiger partial charge is 0.493 e. The number of anilines is 1. The molecule has 2 unspecified atom stereocenters. The molecule has 0 saturated carbocycles. The van der Waals surface area contributed by atoms with Crippen molar-refractivity contribution in [2.75, 3.05) is 11.9 Å². The summed E-state index contributed by atoms with van der Waals surface area (Å²) in [5.41, 5.74) is 6.26. The molecule has 0 radical (unpaired) electrons. The first-order valence-electron chi connectivity index (χ1n) is 14.2. The molecule has 0 aliphatic carbocycles. The van der Waals surface area contributed by atoms with Crippen LogP contribution in [0.3, 0.4) is 0 Å². The Hall–Kier alpha value is -2.57. The van der Waals surface area contributed by atoms with E-state index >= 15 is 0 Å². The minimum absolute atomic E-state index is 0.110. The van der Waals surface area contributed by atoms with Crippen LogP contribution in [-0.4, -0.2) is 29.6 Å². The van der Waals surface area contributed by atoms with Gasteiger partial charge in [0.1, 0.15) is 11.1 Å². The van der Waals surface area contributed by atoms with Gasteiger partial charge in [-0.25, -0.2) is 0 Å². The third-order valence-electron chi connectivity index (χ3n) is 7.99. The number of carbonyl (C=O) groups is 3. The second-order valence-electron chi connectivity index (χ2n) is 12.9. The van der Waals surface area contributed by atoms with E-state index in [0.717, 1.165) is 24.0 Å². The van der Waals surface area contributed by atoms with E-state index in [4.69, 9.17) is 33.7 Å². The van der Waals surface area contributed by atoms with Gasteiger partial charge in [0.05, 0.1) is 6.61 Å². The monoisotopic (exact) mass is 604 g/mol. The van der Waals surface area contributed by atoms with E-state index in [-0.39, 0.29) is 18.4 Å². The first-order valence-corrected chi connectivity index (χ1v) is 15.0. The number of ketones is 1. The molecular formula is C33H46Cl2N2O4. The van der Waals surface area contributed by atoms with Crippen molar-refractivity contribution in [3.63, 3.8) is 0 Å². The second-order valence-corrected chi connectivity index (χ2v) is 14.0. The number of para-hydroxylation sites is 1. The molecule has 2 aromatic carbocycles. The highest BCUT2D eigenvalue weighted by Gasteiger charge is 2.52. The van der Waals surface area contributed by atoms with Crippen LogP contribution >= 0.6 is 23.2 Å². The third kappa shape index (κ3) is 7.84. The van der Waals surface area contributed by atoms with Crippen LogP contribution in [0.15, 0.2) is 42.5 Å².